The first-order valence-corrected chi connectivity index (χ1v) is 8.77. The number of nitrogens with zero attached hydrogens (tertiary/aromatic N) is 2. The molecule has 0 radical (unpaired) electrons. The molecule has 1 N–H and O–H groups in total. The molecule has 0 unspecified atom stereocenters. The minimum absolute atomic E-state index is 0.285. The molecule has 1 aliphatic rings. The predicted octanol–water partition coefficient (Wildman–Crippen LogP) is 3.91. The van der Waals surface area contributed by atoms with E-state index in [0.717, 1.165) is 6.42 Å². The molecule has 2 aromatic rings. The van der Waals surface area contributed by atoms with E-state index in [-0.39, 0.29) is 5.91 Å². The van der Waals surface area contributed by atoms with Gasteiger partial charge in [-0.25, -0.2) is 0 Å². The van der Waals surface area contributed by atoms with Gasteiger partial charge in [0.1, 0.15) is 5.15 Å². The van der Waals surface area contributed by atoms with Crippen LogP contribution in [-0.4, -0.2) is 28.9 Å². The van der Waals surface area contributed by atoms with Gasteiger partial charge in [0.25, 0.3) is 5.91 Å². The standard InChI is InChI=1S/C18H22ClN3O3/c1-11(2)10-22-17(19)16(12(3)21-22)18(23)20-13-5-6-14-15(9-13)25-8-4-7-24-14/h5-6,9,11H,4,7-8,10H2,1-3H3,(H,20,23). The molecule has 1 aromatic heterocycles. The number of halogens is 1. The fourth-order valence-corrected chi connectivity index (χ4v) is 3.04. The maximum Gasteiger partial charge on any atom is 0.260 e. The topological polar surface area (TPSA) is 65.4 Å². The molecule has 1 amide bonds. The van der Waals surface area contributed by atoms with Crippen molar-refractivity contribution in [3.63, 3.8) is 0 Å². The van der Waals surface area contributed by atoms with Crippen molar-refractivity contribution in [3.05, 3.63) is 34.6 Å². The van der Waals surface area contributed by atoms with Crippen molar-refractivity contribution in [1.29, 1.82) is 0 Å². The van der Waals surface area contributed by atoms with Crippen molar-refractivity contribution in [2.24, 2.45) is 5.92 Å². The number of hydrogen-bond acceptors (Lipinski definition) is 4. The number of nitrogens with one attached hydrogen (secondary N) is 1. The molecule has 0 bridgehead atoms. The Morgan fingerprint density at radius 2 is 2.04 bits per heavy atom. The van der Waals surface area contributed by atoms with Gasteiger partial charge in [0.05, 0.1) is 24.5 Å². The number of rotatable bonds is 4. The largest absolute Gasteiger partial charge is 0.490 e. The zero-order chi connectivity index (χ0) is 18.0. The average molecular weight is 364 g/mol. The Morgan fingerprint density at radius 1 is 1.32 bits per heavy atom. The molecular weight excluding hydrogens is 342 g/mol. The SMILES string of the molecule is Cc1nn(CC(C)C)c(Cl)c1C(=O)Nc1ccc2c(c1)OCCCO2. The van der Waals surface area contributed by atoms with Gasteiger partial charge in [-0.15, -0.1) is 0 Å². The van der Waals surface area contributed by atoms with E-state index in [9.17, 15) is 4.79 Å². The lowest BCUT2D eigenvalue weighted by molar-refractivity contribution is 0.102. The van der Waals surface area contributed by atoms with Crippen molar-refractivity contribution in [2.45, 2.75) is 33.7 Å². The minimum atomic E-state index is -0.285. The summed E-state index contributed by atoms with van der Waals surface area (Å²) in [5.74, 6) is 1.42. The summed E-state index contributed by atoms with van der Waals surface area (Å²) in [5.41, 5.74) is 1.63. The number of carbonyl (C=O) groups excluding carboxylic acids is 1. The highest BCUT2D eigenvalue weighted by Gasteiger charge is 2.21. The first-order chi connectivity index (χ1) is 12.0. The van der Waals surface area contributed by atoms with Crippen LogP contribution in [0.4, 0.5) is 5.69 Å². The smallest absolute Gasteiger partial charge is 0.260 e. The molecule has 0 fully saturated rings. The molecule has 3 rings (SSSR count). The Hall–Kier alpha value is -2.21. The number of aryl methyl sites for hydroxylation is 1. The fraction of sp³-hybridized carbons (Fsp3) is 0.444. The van der Waals surface area contributed by atoms with Crippen molar-refractivity contribution in [3.8, 4) is 11.5 Å². The van der Waals surface area contributed by atoms with Gasteiger partial charge in [-0.3, -0.25) is 9.48 Å². The van der Waals surface area contributed by atoms with E-state index >= 15 is 0 Å². The van der Waals surface area contributed by atoms with Crippen LogP contribution in [0, 0.1) is 12.8 Å². The summed E-state index contributed by atoms with van der Waals surface area (Å²) < 4.78 is 12.9. The van der Waals surface area contributed by atoms with E-state index in [2.05, 4.69) is 24.3 Å². The minimum Gasteiger partial charge on any atom is -0.490 e. The molecule has 1 aliphatic heterocycles. The van der Waals surface area contributed by atoms with Gasteiger partial charge in [-0.05, 0) is 25.0 Å². The number of carbonyl (C=O) groups is 1. The summed E-state index contributed by atoms with van der Waals surface area (Å²) in [6.07, 6.45) is 0.834. The average Bonchev–Trinajstić information content (AvgIpc) is 2.72. The van der Waals surface area contributed by atoms with Crippen LogP contribution >= 0.6 is 11.6 Å². The third-order valence-electron chi connectivity index (χ3n) is 3.84. The van der Waals surface area contributed by atoms with E-state index < -0.39 is 0 Å². The molecule has 0 saturated heterocycles. The van der Waals surface area contributed by atoms with Gasteiger partial charge in [0, 0.05) is 24.7 Å². The van der Waals surface area contributed by atoms with Crippen molar-refractivity contribution in [1.82, 2.24) is 9.78 Å². The molecule has 134 valence electrons. The van der Waals surface area contributed by atoms with Gasteiger partial charge in [0.15, 0.2) is 11.5 Å². The number of amides is 1. The van der Waals surface area contributed by atoms with Crippen LogP contribution in [-0.2, 0) is 6.54 Å². The van der Waals surface area contributed by atoms with Crippen molar-refractivity contribution in [2.75, 3.05) is 18.5 Å². The van der Waals surface area contributed by atoms with Crippen LogP contribution < -0.4 is 14.8 Å². The highest BCUT2D eigenvalue weighted by atomic mass is 35.5. The van der Waals surface area contributed by atoms with Crippen LogP contribution in [0.25, 0.3) is 0 Å². The fourth-order valence-electron chi connectivity index (χ4n) is 2.71. The molecule has 1 aromatic carbocycles. The van der Waals surface area contributed by atoms with E-state index in [1.807, 2.05) is 0 Å². The number of benzene rings is 1. The van der Waals surface area contributed by atoms with Gasteiger partial charge in [0.2, 0.25) is 0 Å². The van der Waals surface area contributed by atoms with Crippen LogP contribution in [0.1, 0.15) is 36.3 Å². The van der Waals surface area contributed by atoms with Gasteiger partial charge in [-0.2, -0.15) is 5.10 Å². The summed E-state index contributed by atoms with van der Waals surface area (Å²) in [7, 11) is 0. The summed E-state index contributed by atoms with van der Waals surface area (Å²) >= 11 is 6.37. The lowest BCUT2D eigenvalue weighted by Gasteiger charge is -2.10. The van der Waals surface area contributed by atoms with Crippen molar-refractivity contribution < 1.29 is 14.3 Å². The second-order valence-corrected chi connectivity index (χ2v) is 6.85. The predicted molar refractivity (Wildman–Crippen MR) is 96.8 cm³/mol. The van der Waals surface area contributed by atoms with Crippen LogP contribution in [0.5, 0.6) is 11.5 Å². The lowest BCUT2D eigenvalue weighted by Crippen LogP contribution is -2.13. The molecule has 25 heavy (non-hydrogen) atoms. The number of anilines is 1. The molecular formula is C18H22ClN3O3. The maximum atomic E-state index is 12.7. The van der Waals surface area contributed by atoms with Gasteiger partial charge >= 0.3 is 0 Å². The first-order valence-electron chi connectivity index (χ1n) is 8.39. The Balaban J connectivity index is 1.81. The maximum absolute atomic E-state index is 12.7. The van der Waals surface area contributed by atoms with Crippen LogP contribution in [0.15, 0.2) is 18.2 Å². The third kappa shape index (κ3) is 3.90. The summed E-state index contributed by atoms with van der Waals surface area (Å²) in [4.78, 5) is 12.7. The number of aromatic nitrogens is 2. The third-order valence-corrected chi connectivity index (χ3v) is 4.22. The van der Waals surface area contributed by atoms with Gasteiger partial charge < -0.3 is 14.8 Å². The monoisotopic (exact) mass is 363 g/mol. The number of fused-ring (bicyclic) bond motifs is 1. The molecule has 0 atom stereocenters. The van der Waals surface area contributed by atoms with E-state index in [1.54, 1.807) is 29.8 Å². The Morgan fingerprint density at radius 3 is 2.76 bits per heavy atom. The molecule has 6 nitrogen and oxygen atoms in total. The summed E-state index contributed by atoms with van der Waals surface area (Å²) in [6.45, 7) is 7.82. The Bertz CT molecular complexity index is 786. The summed E-state index contributed by atoms with van der Waals surface area (Å²) in [5, 5.41) is 7.60. The highest BCUT2D eigenvalue weighted by molar-refractivity contribution is 6.33. The zero-order valence-electron chi connectivity index (χ0n) is 14.6. The first kappa shape index (κ1) is 17.6. The quantitative estimate of drug-likeness (QED) is 0.894. The Kier molecular flexibility index (Phi) is 5.18. The van der Waals surface area contributed by atoms with Crippen molar-refractivity contribution >= 4 is 23.2 Å². The normalized spacial score (nSPS) is 13.6. The van der Waals surface area contributed by atoms with Crippen LogP contribution in [0.3, 0.4) is 0 Å². The molecule has 7 heteroatoms. The molecule has 0 saturated carbocycles. The van der Waals surface area contributed by atoms with Gasteiger partial charge in [-0.1, -0.05) is 25.4 Å². The highest BCUT2D eigenvalue weighted by Crippen LogP contribution is 2.32. The van der Waals surface area contributed by atoms with E-state index in [4.69, 9.17) is 21.1 Å². The second-order valence-electron chi connectivity index (χ2n) is 6.49. The van der Waals surface area contributed by atoms with E-state index in [1.165, 1.54) is 0 Å². The lowest BCUT2D eigenvalue weighted by atomic mass is 10.2. The van der Waals surface area contributed by atoms with Crippen LogP contribution in [0.2, 0.25) is 5.15 Å². The summed E-state index contributed by atoms with van der Waals surface area (Å²) in [6, 6.07) is 5.35. The number of ether oxygens (including phenoxy) is 2. The second kappa shape index (κ2) is 7.35. The molecule has 0 spiro atoms. The Labute approximate surface area is 152 Å². The zero-order valence-corrected chi connectivity index (χ0v) is 15.4. The molecule has 0 aliphatic carbocycles. The van der Waals surface area contributed by atoms with E-state index in [0.29, 0.717) is 59.3 Å². The number of hydrogen-bond donors (Lipinski definition) is 1. The molecule has 2 heterocycles.